The molecule has 0 aliphatic heterocycles. The van der Waals surface area contributed by atoms with Crippen molar-refractivity contribution in [3.8, 4) is 0 Å². The first kappa shape index (κ1) is 16.1. The highest BCUT2D eigenvalue weighted by molar-refractivity contribution is 9.10. The molecule has 0 N–H and O–H groups in total. The Bertz CT molecular complexity index is 615. The molecule has 1 heterocycles. The van der Waals surface area contributed by atoms with E-state index < -0.39 is 0 Å². The largest absolute Gasteiger partial charge is 0.323 e. The van der Waals surface area contributed by atoms with Crippen LogP contribution < -0.4 is 0 Å². The molecule has 0 radical (unpaired) electrons. The van der Waals surface area contributed by atoms with Crippen LogP contribution >= 0.6 is 39.3 Å². The molecule has 2 atom stereocenters. The van der Waals surface area contributed by atoms with Gasteiger partial charge in [-0.1, -0.05) is 6.92 Å². The van der Waals surface area contributed by atoms with Gasteiger partial charge in [-0.15, -0.1) is 11.6 Å². The summed E-state index contributed by atoms with van der Waals surface area (Å²) in [7, 11) is 0. The van der Waals surface area contributed by atoms with Crippen molar-refractivity contribution in [1.82, 2.24) is 9.55 Å². The van der Waals surface area contributed by atoms with Gasteiger partial charge in [0.1, 0.15) is 11.6 Å². The van der Waals surface area contributed by atoms with Crippen LogP contribution in [0.25, 0.3) is 11.0 Å². The summed E-state index contributed by atoms with van der Waals surface area (Å²) in [6, 6.07) is 3.50. The molecule has 1 aromatic carbocycles. The molecule has 110 valence electrons. The van der Waals surface area contributed by atoms with Crippen molar-refractivity contribution in [3.05, 3.63) is 28.2 Å². The van der Waals surface area contributed by atoms with Gasteiger partial charge >= 0.3 is 0 Å². The van der Waals surface area contributed by atoms with Crippen LogP contribution in [0.5, 0.6) is 0 Å². The number of imidazole rings is 1. The van der Waals surface area contributed by atoms with Gasteiger partial charge in [0.25, 0.3) is 0 Å². The lowest BCUT2D eigenvalue weighted by atomic mass is 10.3. The Kier molecular flexibility index (Phi) is 5.37. The van der Waals surface area contributed by atoms with Crippen molar-refractivity contribution in [2.24, 2.45) is 0 Å². The lowest BCUT2D eigenvalue weighted by Crippen LogP contribution is -2.12. The van der Waals surface area contributed by atoms with Gasteiger partial charge in [0.15, 0.2) is 0 Å². The minimum Gasteiger partial charge on any atom is -0.323 e. The maximum atomic E-state index is 13.7. The van der Waals surface area contributed by atoms with Crippen LogP contribution in [0.1, 0.15) is 38.0 Å². The number of aromatic nitrogens is 2. The van der Waals surface area contributed by atoms with Crippen molar-refractivity contribution in [1.29, 1.82) is 0 Å². The summed E-state index contributed by atoms with van der Waals surface area (Å²) in [5.41, 5.74) is 1.58. The highest BCUT2D eigenvalue weighted by Crippen LogP contribution is 2.32. The van der Waals surface area contributed by atoms with Gasteiger partial charge < -0.3 is 4.57 Å². The maximum absolute atomic E-state index is 13.7. The quantitative estimate of drug-likeness (QED) is 0.634. The molecule has 0 bridgehead atoms. The molecular formula is C14H17BrClFN2S. The van der Waals surface area contributed by atoms with Crippen LogP contribution in [-0.4, -0.2) is 21.1 Å². The van der Waals surface area contributed by atoms with E-state index in [0.717, 1.165) is 22.8 Å². The zero-order chi connectivity index (χ0) is 14.9. The lowest BCUT2D eigenvalue weighted by molar-refractivity contribution is 0.592. The van der Waals surface area contributed by atoms with E-state index in [0.29, 0.717) is 9.99 Å². The van der Waals surface area contributed by atoms with Crippen molar-refractivity contribution < 1.29 is 4.39 Å². The fourth-order valence-corrected chi connectivity index (χ4v) is 3.43. The molecule has 0 saturated heterocycles. The predicted octanol–water partition coefficient (Wildman–Crippen LogP) is 5.55. The fraction of sp³-hybridized carbons (Fsp3) is 0.500. The molecule has 0 aliphatic carbocycles. The second kappa shape index (κ2) is 6.67. The molecular weight excluding hydrogens is 363 g/mol. The molecule has 0 saturated carbocycles. The Morgan fingerprint density at radius 2 is 2.15 bits per heavy atom. The minimum absolute atomic E-state index is 0.210. The number of thioether (sulfide) groups is 1. The number of benzene rings is 1. The summed E-state index contributed by atoms with van der Waals surface area (Å²) < 4.78 is 16.2. The number of alkyl halides is 1. The molecule has 2 unspecified atom stereocenters. The van der Waals surface area contributed by atoms with Gasteiger partial charge in [-0.2, -0.15) is 11.8 Å². The number of hydrogen-bond acceptors (Lipinski definition) is 2. The van der Waals surface area contributed by atoms with Gasteiger partial charge in [-0.25, -0.2) is 9.37 Å². The number of halogens is 3. The van der Waals surface area contributed by atoms with E-state index in [4.69, 9.17) is 11.6 Å². The average molecular weight is 380 g/mol. The van der Waals surface area contributed by atoms with Gasteiger partial charge in [0.2, 0.25) is 0 Å². The normalized spacial score (nSPS) is 14.7. The third-order valence-corrected chi connectivity index (χ3v) is 5.05. The molecule has 1 aromatic heterocycles. The lowest BCUT2D eigenvalue weighted by Gasteiger charge is -2.18. The summed E-state index contributed by atoms with van der Waals surface area (Å²) >= 11 is 11.4. The number of hydrogen-bond donors (Lipinski definition) is 0. The molecule has 2 nitrogen and oxygen atoms in total. The van der Waals surface area contributed by atoms with Crippen molar-refractivity contribution in [2.45, 2.75) is 32.2 Å². The smallest absolute Gasteiger partial charge is 0.139 e. The van der Waals surface area contributed by atoms with E-state index >= 15 is 0 Å². The standard InChI is InChI=1S/C14H17BrClFN2S/c1-4-20-7-8(2)19-13-5-10(15)11(17)6-12(13)18-14(19)9(3)16/h5-6,8-9H,4,7H2,1-3H3. The van der Waals surface area contributed by atoms with Gasteiger partial charge in [0.05, 0.1) is 20.9 Å². The Labute approximate surface area is 136 Å². The summed E-state index contributed by atoms with van der Waals surface area (Å²) in [4.78, 5) is 4.50. The second-order valence-electron chi connectivity index (χ2n) is 4.72. The molecule has 0 aliphatic rings. The molecule has 2 aromatic rings. The van der Waals surface area contributed by atoms with Crippen LogP contribution in [-0.2, 0) is 0 Å². The number of fused-ring (bicyclic) bond motifs is 1. The summed E-state index contributed by atoms with van der Waals surface area (Å²) in [5.74, 6) is 2.55. The minimum atomic E-state index is -0.300. The molecule has 6 heteroatoms. The predicted molar refractivity (Wildman–Crippen MR) is 89.4 cm³/mol. The summed E-state index contributed by atoms with van der Waals surface area (Å²) in [5, 5.41) is -0.210. The SMILES string of the molecule is CCSCC(C)n1c(C(C)Cl)nc2cc(F)c(Br)cc21. The van der Waals surface area contributed by atoms with Gasteiger partial charge in [-0.3, -0.25) is 0 Å². The van der Waals surface area contributed by atoms with Crippen molar-refractivity contribution in [2.75, 3.05) is 11.5 Å². The summed E-state index contributed by atoms with van der Waals surface area (Å²) in [6.07, 6.45) is 0. The molecule has 0 spiro atoms. The first-order valence-corrected chi connectivity index (χ1v) is 8.92. The van der Waals surface area contributed by atoms with E-state index in [-0.39, 0.29) is 17.2 Å². The van der Waals surface area contributed by atoms with Crippen LogP contribution in [0.2, 0.25) is 0 Å². The molecule has 2 rings (SSSR count). The van der Waals surface area contributed by atoms with E-state index in [1.807, 2.05) is 18.7 Å². The van der Waals surface area contributed by atoms with E-state index in [9.17, 15) is 4.39 Å². The van der Waals surface area contributed by atoms with E-state index in [1.165, 1.54) is 6.07 Å². The topological polar surface area (TPSA) is 17.8 Å². The van der Waals surface area contributed by atoms with E-state index in [2.05, 4.69) is 39.3 Å². The number of nitrogens with zero attached hydrogens (tertiary/aromatic N) is 2. The van der Waals surface area contributed by atoms with Crippen LogP contribution in [0.3, 0.4) is 0 Å². The third-order valence-electron chi connectivity index (χ3n) is 3.12. The monoisotopic (exact) mass is 378 g/mol. The highest BCUT2D eigenvalue weighted by Gasteiger charge is 2.20. The maximum Gasteiger partial charge on any atom is 0.139 e. The van der Waals surface area contributed by atoms with Crippen LogP contribution in [0.4, 0.5) is 4.39 Å². The average Bonchev–Trinajstić information content (AvgIpc) is 2.75. The first-order chi connectivity index (χ1) is 9.45. The van der Waals surface area contributed by atoms with Crippen LogP contribution in [0.15, 0.2) is 16.6 Å². The van der Waals surface area contributed by atoms with Gasteiger partial charge in [-0.05, 0) is 41.6 Å². The van der Waals surface area contributed by atoms with Gasteiger partial charge in [0, 0.05) is 17.9 Å². The van der Waals surface area contributed by atoms with Crippen molar-refractivity contribution in [3.63, 3.8) is 0 Å². The zero-order valence-corrected chi connectivity index (χ0v) is 14.8. The van der Waals surface area contributed by atoms with E-state index in [1.54, 1.807) is 6.07 Å². The third kappa shape index (κ3) is 3.15. The Hall–Kier alpha value is -0.260. The Morgan fingerprint density at radius 1 is 1.45 bits per heavy atom. The van der Waals surface area contributed by atoms with Crippen molar-refractivity contribution >= 4 is 50.3 Å². The first-order valence-electron chi connectivity index (χ1n) is 6.54. The Morgan fingerprint density at radius 3 is 2.75 bits per heavy atom. The van der Waals surface area contributed by atoms with Crippen LogP contribution in [0, 0.1) is 5.82 Å². The zero-order valence-electron chi connectivity index (χ0n) is 11.7. The molecule has 0 amide bonds. The molecule has 20 heavy (non-hydrogen) atoms. The number of rotatable bonds is 5. The fourth-order valence-electron chi connectivity index (χ4n) is 2.22. The highest BCUT2D eigenvalue weighted by atomic mass is 79.9. The molecule has 0 fully saturated rings. The summed E-state index contributed by atoms with van der Waals surface area (Å²) in [6.45, 7) is 6.18. The second-order valence-corrected chi connectivity index (χ2v) is 7.55. The Balaban J connectivity index is 2.58.